The molecule has 0 spiro atoms. The van der Waals surface area contributed by atoms with Gasteiger partial charge in [0.25, 0.3) is 0 Å². The van der Waals surface area contributed by atoms with Gasteiger partial charge in [0.05, 0.1) is 14.2 Å². The van der Waals surface area contributed by atoms with Crippen molar-refractivity contribution in [2.24, 2.45) is 0 Å². The van der Waals surface area contributed by atoms with Gasteiger partial charge in [0.15, 0.2) is 0 Å². The summed E-state index contributed by atoms with van der Waals surface area (Å²) < 4.78 is 15.8. The minimum Gasteiger partial charge on any atom is -0.497 e. The van der Waals surface area contributed by atoms with Gasteiger partial charge in [-0.05, 0) is 19.1 Å². The fourth-order valence-corrected chi connectivity index (χ4v) is 2.01. The fraction of sp³-hybridized carbons (Fsp3) is 0.462. The molecule has 1 saturated heterocycles. The van der Waals surface area contributed by atoms with Crippen molar-refractivity contribution in [1.29, 1.82) is 0 Å². The second kappa shape index (κ2) is 4.28. The number of cyclic esters (lactones) is 1. The first-order chi connectivity index (χ1) is 8.07. The van der Waals surface area contributed by atoms with Gasteiger partial charge < -0.3 is 14.2 Å². The van der Waals surface area contributed by atoms with Gasteiger partial charge in [-0.1, -0.05) is 0 Å². The lowest BCUT2D eigenvalue weighted by Gasteiger charge is -2.24. The number of esters is 1. The number of hydrogen-bond acceptors (Lipinski definition) is 4. The van der Waals surface area contributed by atoms with Crippen molar-refractivity contribution in [2.75, 3.05) is 14.2 Å². The number of methoxy groups -OCH3 is 2. The Morgan fingerprint density at radius 1 is 1.18 bits per heavy atom. The third kappa shape index (κ3) is 2.20. The number of hydrogen-bond donors (Lipinski definition) is 0. The van der Waals surface area contributed by atoms with E-state index < -0.39 is 5.60 Å². The van der Waals surface area contributed by atoms with Crippen molar-refractivity contribution in [3.05, 3.63) is 23.8 Å². The number of ether oxygens (including phenoxy) is 3. The third-order valence-electron chi connectivity index (χ3n) is 3.11. The Kier molecular flexibility index (Phi) is 2.96. The summed E-state index contributed by atoms with van der Waals surface area (Å²) in [7, 11) is 3.20. The van der Waals surface area contributed by atoms with Gasteiger partial charge in [0, 0.05) is 24.5 Å². The van der Waals surface area contributed by atoms with Crippen LogP contribution in [-0.4, -0.2) is 20.2 Å². The smallest absolute Gasteiger partial charge is 0.306 e. The first kappa shape index (κ1) is 11.8. The highest BCUT2D eigenvalue weighted by molar-refractivity contribution is 5.72. The molecule has 0 radical (unpaired) electrons. The van der Waals surface area contributed by atoms with Gasteiger partial charge in [-0.15, -0.1) is 0 Å². The van der Waals surface area contributed by atoms with E-state index in [0.717, 1.165) is 5.56 Å². The van der Waals surface area contributed by atoms with Crippen molar-refractivity contribution in [3.8, 4) is 11.5 Å². The van der Waals surface area contributed by atoms with Crippen LogP contribution in [0.1, 0.15) is 25.3 Å². The highest BCUT2D eigenvalue weighted by Gasteiger charge is 2.38. The molecule has 4 heteroatoms. The molecular weight excluding hydrogens is 220 g/mol. The molecule has 4 nitrogen and oxygen atoms in total. The summed E-state index contributed by atoms with van der Waals surface area (Å²) in [5.74, 6) is 1.24. The minimum absolute atomic E-state index is 0.158. The van der Waals surface area contributed by atoms with Gasteiger partial charge in [0.2, 0.25) is 0 Å². The lowest BCUT2D eigenvalue weighted by Crippen LogP contribution is -2.21. The molecule has 0 amide bonds. The van der Waals surface area contributed by atoms with Crippen LogP contribution in [0.5, 0.6) is 11.5 Å². The monoisotopic (exact) mass is 236 g/mol. The maximum Gasteiger partial charge on any atom is 0.306 e. The van der Waals surface area contributed by atoms with Gasteiger partial charge in [-0.3, -0.25) is 4.79 Å². The van der Waals surface area contributed by atoms with Crippen molar-refractivity contribution in [2.45, 2.75) is 25.4 Å². The third-order valence-corrected chi connectivity index (χ3v) is 3.11. The summed E-state index contributed by atoms with van der Waals surface area (Å²) in [4.78, 5) is 11.3. The Balaban J connectivity index is 2.40. The largest absolute Gasteiger partial charge is 0.497 e. The summed E-state index contributed by atoms with van der Waals surface area (Å²) in [5.41, 5.74) is 0.332. The summed E-state index contributed by atoms with van der Waals surface area (Å²) in [6, 6.07) is 5.55. The quantitative estimate of drug-likeness (QED) is 0.755. The zero-order chi connectivity index (χ0) is 12.5. The first-order valence-electron chi connectivity index (χ1n) is 5.53. The standard InChI is InChI=1S/C13H16O4/c1-13(5-4-12(14)17-13)9-6-10(15-2)8-11(7-9)16-3/h6-8H,4-5H2,1-3H3. The highest BCUT2D eigenvalue weighted by Crippen LogP contribution is 2.39. The molecule has 0 aliphatic carbocycles. The highest BCUT2D eigenvalue weighted by atomic mass is 16.6. The normalized spacial score (nSPS) is 23.4. The predicted octanol–water partition coefficient (Wildman–Crippen LogP) is 2.26. The van der Waals surface area contributed by atoms with Gasteiger partial charge in [-0.2, -0.15) is 0 Å². The van der Waals surface area contributed by atoms with Crippen LogP contribution in [0.15, 0.2) is 18.2 Å². The lowest BCUT2D eigenvalue weighted by molar-refractivity contribution is -0.147. The van der Waals surface area contributed by atoms with Crippen LogP contribution in [0.4, 0.5) is 0 Å². The Bertz CT molecular complexity index is 419. The van der Waals surface area contributed by atoms with Gasteiger partial charge >= 0.3 is 5.97 Å². The average molecular weight is 236 g/mol. The fourth-order valence-electron chi connectivity index (χ4n) is 2.01. The molecule has 1 unspecified atom stereocenters. The molecule has 1 heterocycles. The molecule has 0 N–H and O–H groups in total. The molecule has 0 saturated carbocycles. The van der Waals surface area contributed by atoms with E-state index in [4.69, 9.17) is 14.2 Å². The molecule has 1 aromatic carbocycles. The van der Waals surface area contributed by atoms with Crippen molar-refractivity contribution in [1.82, 2.24) is 0 Å². The molecular formula is C13H16O4. The van der Waals surface area contributed by atoms with Gasteiger partial charge in [0.1, 0.15) is 17.1 Å². The number of carbonyl (C=O) groups is 1. The van der Waals surface area contributed by atoms with E-state index in [1.807, 2.05) is 19.1 Å². The summed E-state index contributed by atoms with van der Waals surface area (Å²) in [6.45, 7) is 1.91. The molecule has 0 bridgehead atoms. The molecule has 0 aromatic heterocycles. The molecule has 17 heavy (non-hydrogen) atoms. The van der Waals surface area contributed by atoms with E-state index in [1.165, 1.54) is 0 Å². The van der Waals surface area contributed by atoms with E-state index in [1.54, 1.807) is 20.3 Å². The van der Waals surface area contributed by atoms with Crippen molar-refractivity contribution < 1.29 is 19.0 Å². The molecule has 1 aromatic rings. The second-order valence-electron chi connectivity index (χ2n) is 4.31. The van der Waals surface area contributed by atoms with E-state index in [0.29, 0.717) is 24.3 Å². The average Bonchev–Trinajstić information content (AvgIpc) is 2.70. The molecule has 92 valence electrons. The number of rotatable bonds is 3. The van der Waals surface area contributed by atoms with Crippen LogP contribution in [0.3, 0.4) is 0 Å². The Hall–Kier alpha value is -1.71. The van der Waals surface area contributed by atoms with E-state index in [2.05, 4.69) is 0 Å². The van der Waals surface area contributed by atoms with E-state index in [9.17, 15) is 4.79 Å². The maximum atomic E-state index is 11.3. The Labute approximate surface area is 100 Å². The number of carbonyl (C=O) groups excluding carboxylic acids is 1. The van der Waals surface area contributed by atoms with Crippen LogP contribution >= 0.6 is 0 Å². The van der Waals surface area contributed by atoms with Crippen LogP contribution < -0.4 is 9.47 Å². The zero-order valence-electron chi connectivity index (χ0n) is 10.3. The van der Waals surface area contributed by atoms with Gasteiger partial charge in [-0.25, -0.2) is 0 Å². The Morgan fingerprint density at radius 2 is 1.76 bits per heavy atom. The maximum absolute atomic E-state index is 11.3. The van der Waals surface area contributed by atoms with Crippen LogP contribution in [0.25, 0.3) is 0 Å². The molecule has 2 rings (SSSR count). The van der Waals surface area contributed by atoms with E-state index in [-0.39, 0.29) is 5.97 Å². The lowest BCUT2D eigenvalue weighted by atomic mass is 9.92. The van der Waals surface area contributed by atoms with Crippen LogP contribution in [-0.2, 0) is 15.1 Å². The summed E-state index contributed by atoms with van der Waals surface area (Å²) >= 11 is 0. The molecule has 1 aliphatic rings. The Morgan fingerprint density at radius 3 is 2.18 bits per heavy atom. The molecule has 1 fully saturated rings. The minimum atomic E-state index is -0.571. The molecule has 1 atom stereocenters. The zero-order valence-corrected chi connectivity index (χ0v) is 10.3. The number of benzene rings is 1. The van der Waals surface area contributed by atoms with Crippen molar-refractivity contribution >= 4 is 5.97 Å². The predicted molar refractivity (Wildman–Crippen MR) is 62.2 cm³/mol. The summed E-state index contributed by atoms with van der Waals surface area (Å²) in [5, 5.41) is 0. The van der Waals surface area contributed by atoms with E-state index >= 15 is 0 Å². The van der Waals surface area contributed by atoms with Crippen molar-refractivity contribution in [3.63, 3.8) is 0 Å². The van der Waals surface area contributed by atoms with Crippen LogP contribution in [0, 0.1) is 0 Å². The first-order valence-corrected chi connectivity index (χ1v) is 5.53. The second-order valence-corrected chi connectivity index (χ2v) is 4.31. The topological polar surface area (TPSA) is 44.8 Å². The SMILES string of the molecule is COc1cc(OC)cc(C2(C)CCC(=O)O2)c1. The summed E-state index contributed by atoms with van der Waals surface area (Å²) in [6.07, 6.45) is 1.14. The molecule has 1 aliphatic heterocycles. The van der Waals surface area contributed by atoms with Crippen LogP contribution in [0.2, 0.25) is 0 Å².